The predicted molar refractivity (Wildman–Crippen MR) is 84.4 cm³/mol. The summed E-state index contributed by atoms with van der Waals surface area (Å²) in [6, 6.07) is 6.55. The van der Waals surface area contributed by atoms with Gasteiger partial charge in [-0.05, 0) is 25.0 Å². The Morgan fingerprint density at radius 1 is 1.26 bits per heavy atom. The molecule has 7 heteroatoms. The van der Waals surface area contributed by atoms with Gasteiger partial charge in [0, 0.05) is 0 Å². The number of unbranched alkanes of at least 4 members (excludes halogenated alkanes) is 1. The third-order valence-corrected chi connectivity index (χ3v) is 6.72. The first kappa shape index (κ1) is 17.5. The van der Waals surface area contributed by atoms with Crippen LogP contribution in [0.25, 0.3) is 0 Å². The Hall–Kier alpha value is -1.89. The number of nitrogens with one attached hydrogen (secondary N) is 1. The van der Waals surface area contributed by atoms with E-state index in [-0.39, 0.29) is 17.9 Å². The number of esters is 1. The number of amides is 1. The molecule has 1 N–H and O–H groups in total. The summed E-state index contributed by atoms with van der Waals surface area (Å²) in [6.07, 6.45) is 1.55. The van der Waals surface area contributed by atoms with Gasteiger partial charge in [-0.25, -0.2) is 13.2 Å². The molecule has 2 unspecified atom stereocenters. The number of hydrogen-bond donors (Lipinski definition) is 1. The Morgan fingerprint density at radius 2 is 1.91 bits per heavy atom. The van der Waals surface area contributed by atoms with Gasteiger partial charge in [-0.3, -0.25) is 4.79 Å². The van der Waals surface area contributed by atoms with E-state index in [4.69, 9.17) is 4.74 Å². The minimum absolute atomic E-state index is 0.00358. The van der Waals surface area contributed by atoms with Crippen LogP contribution in [-0.4, -0.2) is 37.7 Å². The summed E-state index contributed by atoms with van der Waals surface area (Å²) in [5.41, 5.74) is 0. The summed E-state index contributed by atoms with van der Waals surface area (Å²) in [6.45, 7) is 3.76. The Morgan fingerprint density at radius 3 is 2.43 bits per heavy atom. The molecular formula is C16H21NO5S. The van der Waals surface area contributed by atoms with Crippen LogP contribution in [0, 0.1) is 0 Å². The lowest BCUT2D eigenvalue weighted by Gasteiger charge is -2.45. The maximum absolute atomic E-state index is 13.0. The van der Waals surface area contributed by atoms with Crippen molar-refractivity contribution in [3.8, 4) is 0 Å². The largest absolute Gasteiger partial charge is 0.464 e. The van der Waals surface area contributed by atoms with Gasteiger partial charge in [-0.2, -0.15) is 0 Å². The Bertz CT molecular complexity index is 686. The number of β-lactam (4-membered cyclic amide) rings is 1. The number of sulfone groups is 1. The average molecular weight is 339 g/mol. The SMILES string of the molecule is CCCCOC(=O)C1NC(=O)C1(CC)S(=O)(=O)c1ccccc1. The summed E-state index contributed by atoms with van der Waals surface area (Å²) in [5.74, 6) is -1.35. The molecule has 1 amide bonds. The monoisotopic (exact) mass is 339 g/mol. The number of carbonyl (C=O) groups is 2. The van der Waals surface area contributed by atoms with Crippen molar-refractivity contribution in [3.63, 3.8) is 0 Å². The molecule has 1 fully saturated rings. The summed E-state index contributed by atoms with van der Waals surface area (Å²) in [4.78, 5) is 24.4. The van der Waals surface area contributed by atoms with Crippen LogP contribution < -0.4 is 5.32 Å². The molecule has 1 aromatic carbocycles. The van der Waals surface area contributed by atoms with Crippen molar-refractivity contribution >= 4 is 21.7 Å². The van der Waals surface area contributed by atoms with Crippen LogP contribution in [0.5, 0.6) is 0 Å². The zero-order valence-corrected chi connectivity index (χ0v) is 14.1. The van der Waals surface area contributed by atoms with Crippen molar-refractivity contribution in [2.24, 2.45) is 0 Å². The molecular weight excluding hydrogens is 318 g/mol. The smallest absolute Gasteiger partial charge is 0.330 e. The molecule has 1 aliphatic heterocycles. The Balaban J connectivity index is 2.34. The highest BCUT2D eigenvalue weighted by atomic mass is 32.2. The maximum atomic E-state index is 13.0. The Labute approximate surface area is 136 Å². The normalized spacial score (nSPS) is 23.7. The number of hydrogen-bond acceptors (Lipinski definition) is 5. The first-order valence-corrected chi connectivity index (χ1v) is 9.17. The Kier molecular flexibility index (Phi) is 5.09. The fourth-order valence-electron chi connectivity index (χ4n) is 2.71. The number of rotatable bonds is 7. The van der Waals surface area contributed by atoms with Crippen LogP contribution in [0.4, 0.5) is 0 Å². The van der Waals surface area contributed by atoms with Crippen LogP contribution in [-0.2, 0) is 24.2 Å². The third-order valence-electron chi connectivity index (χ3n) is 4.16. The van der Waals surface area contributed by atoms with Crippen molar-refractivity contribution in [1.82, 2.24) is 5.32 Å². The number of ether oxygens (including phenoxy) is 1. The van der Waals surface area contributed by atoms with Crippen LogP contribution in [0.3, 0.4) is 0 Å². The third kappa shape index (κ3) is 2.73. The molecule has 0 aromatic heterocycles. The fraction of sp³-hybridized carbons (Fsp3) is 0.500. The van der Waals surface area contributed by atoms with Gasteiger partial charge in [0.1, 0.15) is 0 Å². The lowest BCUT2D eigenvalue weighted by atomic mass is 9.87. The maximum Gasteiger partial charge on any atom is 0.330 e. The summed E-state index contributed by atoms with van der Waals surface area (Å²) in [7, 11) is -4.00. The van der Waals surface area contributed by atoms with Crippen LogP contribution in [0.1, 0.15) is 33.1 Å². The first-order chi connectivity index (χ1) is 10.9. The van der Waals surface area contributed by atoms with Crippen LogP contribution >= 0.6 is 0 Å². The zero-order valence-electron chi connectivity index (χ0n) is 13.2. The van der Waals surface area contributed by atoms with E-state index in [0.717, 1.165) is 6.42 Å². The van der Waals surface area contributed by atoms with E-state index in [2.05, 4.69) is 5.32 Å². The van der Waals surface area contributed by atoms with Crippen LogP contribution in [0.2, 0.25) is 0 Å². The highest BCUT2D eigenvalue weighted by molar-refractivity contribution is 7.94. The van der Waals surface area contributed by atoms with Crippen LogP contribution in [0.15, 0.2) is 35.2 Å². The molecule has 1 aliphatic rings. The molecule has 2 atom stereocenters. The van der Waals surface area contributed by atoms with Crippen molar-refractivity contribution in [1.29, 1.82) is 0 Å². The van der Waals surface area contributed by atoms with E-state index in [1.807, 2.05) is 6.92 Å². The molecule has 0 saturated carbocycles. The van der Waals surface area contributed by atoms with Crippen molar-refractivity contribution < 1.29 is 22.7 Å². The molecule has 0 radical (unpaired) electrons. The second-order valence-corrected chi connectivity index (χ2v) is 7.69. The molecule has 0 spiro atoms. The van der Waals surface area contributed by atoms with Gasteiger partial charge in [0.2, 0.25) is 5.91 Å². The van der Waals surface area contributed by atoms with Gasteiger partial charge in [-0.15, -0.1) is 0 Å². The van der Waals surface area contributed by atoms with Gasteiger partial charge in [0.25, 0.3) is 0 Å². The van der Waals surface area contributed by atoms with E-state index in [0.29, 0.717) is 6.42 Å². The summed E-state index contributed by atoms with van der Waals surface area (Å²) >= 11 is 0. The minimum atomic E-state index is -4.00. The van der Waals surface area contributed by atoms with Crippen molar-refractivity contribution in [2.75, 3.05) is 6.61 Å². The second-order valence-electron chi connectivity index (χ2n) is 5.49. The standard InChI is InChI=1S/C16H21NO5S/c1-3-5-11-22-14(18)13-16(4-2,15(19)17-13)23(20,21)12-9-7-6-8-10-12/h6-10,13H,3-5,11H2,1-2H3,(H,17,19). The average Bonchev–Trinajstić information content (AvgIpc) is 2.54. The molecule has 23 heavy (non-hydrogen) atoms. The molecule has 6 nitrogen and oxygen atoms in total. The van der Waals surface area contributed by atoms with Gasteiger partial charge in [0.15, 0.2) is 20.6 Å². The molecule has 2 rings (SSSR count). The van der Waals surface area contributed by atoms with E-state index in [1.54, 1.807) is 25.1 Å². The van der Waals surface area contributed by atoms with Gasteiger partial charge in [0.05, 0.1) is 11.5 Å². The highest BCUT2D eigenvalue weighted by Gasteiger charge is 2.66. The van der Waals surface area contributed by atoms with Gasteiger partial charge < -0.3 is 10.1 Å². The van der Waals surface area contributed by atoms with E-state index in [1.165, 1.54) is 12.1 Å². The lowest BCUT2D eigenvalue weighted by molar-refractivity contribution is -0.156. The number of benzene rings is 1. The minimum Gasteiger partial charge on any atom is -0.464 e. The van der Waals surface area contributed by atoms with E-state index in [9.17, 15) is 18.0 Å². The summed E-state index contributed by atoms with van der Waals surface area (Å²) in [5, 5.41) is 2.39. The lowest BCUT2D eigenvalue weighted by Crippen LogP contribution is -2.78. The predicted octanol–water partition coefficient (Wildman–Crippen LogP) is 1.45. The first-order valence-electron chi connectivity index (χ1n) is 7.69. The second kappa shape index (κ2) is 6.70. The van der Waals surface area contributed by atoms with Gasteiger partial charge in [-0.1, -0.05) is 38.5 Å². The quantitative estimate of drug-likeness (QED) is 0.461. The molecule has 1 saturated heterocycles. The van der Waals surface area contributed by atoms with Crippen molar-refractivity contribution in [2.45, 2.75) is 48.8 Å². The number of carbonyl (C=O) groups excluding carboxylic acids is 2. The van der Waals surface area contributed by atoms with Gasteiger partial charge >= 0.3 is 5.97 Å². The molecule has 0 bridgehead atoms. The molecule has 126 valence electrons. The fourth-order valence-corrected chi connectivity index (χ4v) is 4.80. The summed E-state index contributed by atoms with van der Waals surface area (Å²) < 4.78 is 29.2. The molecule has 1 aromatic rings. The highest BCUT2D eigenvalue weighted by Crippen LogP contribution is 2.38. The molecule has 0 aliphatic carbocycles. The van der Waals surface area contributed by atoms with E-state index >= 15 is 0 Å². The van der Waals surface area contributed by atoms with E-state index < -0.39 is 32.5 Å². The van der Waals surface area contributed by atoms with Crippen molar-refractivity contribution in [3.05, 3.63) is 30.3 Å². The zero-order chi connectivity index (χ0) is 17.1. The topological polar surface area (TPSA) is 89.5 Å². The molecule has 1 heterocycles.